The van der Waals surface area contributed by atoms with Gasteiger partial charge in [0.25, 0.3) is 0 Å². The van der Waals surface area contributed by atoms with Crippen LogP contribution in [0.5, 0.6) is 5.75 Å². The minimum Gasteiger partial charge on any atom is -0.490 e. The predicted octanol–water partition coefficient (Wildman–Crippen LogP) is 2.93. The van der Waals surface area contributed by atoms with E-state index in [-0.39, 0.29) is 12.4 Å². The van der Waals surface area contributed by atoms with Crippen molar-refractivity contribution in [1.82, 2.24) is 0 Å². The van der Waals surface area contributed by atoms with Gasteiger partial charge in [-0.15, -0.1) is 0 Å². The van der Waals surface area contributed by atoms with Crippen molar-refractivity contribution < 1.29 is 18.6 Å². The lowest BCUT2D eigenvalue weighted by atomic mass is 10.0. The Balaban J connectivity index is 2.63. The standard InChI is InChI=1S/C10H9BrF2O2/c11-5-4-6(12)9(13)10-8(5)7(14)2-1-3-15-10/h4,7,14H,1-3H2. The Labute approximate surface area is 94.0 Å². The second-order valence-corrected chi connectivity index (χ2v) is 4.26. The van der Waals surface area contributed by atoms with Gasteiger partial charge in [0.05, 0.1) is 12.7 Å². The van der Waals surface area contributed by atoms with Gasteiger partial charge in [-0.2, -0.15) is 4.39 Å². The van der Waals surface area contributed by atoms with Crippen molar-refractivity contribution in [3.05, 3.63) is 27.7 Å². The van der Waals surface area contributed by atoms with Crippen LogP contribution in [0.3, 0.4) is 0 Å². The zero-order valence-corrected chi connectivity index (χ0v) is 9.35. The third-order valence-corrected chi connectivity index (χ3v) is 3.02. The highest BCUT2D eigenvalue weighted by atomic mass is 79.9. The van der Waals surface area contributed by atoms with Gasteiger partial charge in [0.1, 0.15) is 0 Å². The Morgan fingerprint density at radius 1 is 1.47 bits per heavy atom. The second kappa shape index (κ2) is 4.06. The fourth-order valence-corrected chi connectivity index (χ4v) is 2.28. The molecular weight excluding hydrogens is 270 g/mol. The number of hydrogen-bond donors (Lipinski definition) is 1. The SMILES string of the molecule is OC1CCCOc2c(F)c(F)cc(Br)c21. The van der Waals surface area contributed by atoms with Crippen LogP contribution >= 0.6 is 15.9 Å². The van der Waals surface area contributed by atoms with Crippen molar-refractivity contribution in [1.29, 1.82) is 0 Å². The lowest BCUT2D eigenvalue weighted by Crippen LogP contribution is -2.02. The van der Waals surface area contributed by atoms with Crippen LogP contribution < -0.4 is 4.74 Å². The van der Waals surface area contributed by atoms with E-state index in [0.29, 0.717) is 22.9 Å². The zero-order chi connectivity index (χ0) is 11.0. The highest BCUT2D eigenvalue weighted by molar-refractivity contribution is 9.10. The van der Waals surface area contributed by atoms with Crippen LogP contribution in [0.1, 0.15) is 24.5 Å². The number of fused-ring (bicyclic) bond motifs is 1. The number of aliphatic hydroxyl groups is 1. The van der Waals surface area contributed by atoms with Gasteiger partial charge in [0.15, 0.2) is 11.6 Å². The van der Waals surface area contributed by atoms with E-state index in [0.717, 1.165) is 6.07 Å². The van der Waals surface area contributed by atoms with Crippen molar-refractivity contribution in [2.75, 3.05) is 6.61 Å². The van der Waals surface area contributed by atoms with Gasteiger partial charge in [0.2, 0.25) is 5.82 Å². The summed E-state index contributed by atoms with van der Waals surface area (Å²) in [4.78, 5) is 0. The number of benzene rings is 1. The van der Waals surface area contributed by atoms with Gasteiger partial charge in [0, 0.05) is 10.0 Å². The first-order chi connectivity index (χ1) is 7.11. The summed E-state index contributed by atoms with van der Waals surface area (Å²) in [6.45, 7) is 0.289. The molecule has 1 aliphatic heterocycles. The van der Waals surface area contributed by atoms with Crippen molar-refractivity contribution in [2.45, 2.75) is 18.9 Å². The van der Waals surface area contributed by atoms with Crippen LogP contribution in [0, 0.1) is 11.6 Å². The number of hydrogen-bond acceptors (Lipinski definition) is 2. The smallest absolute Gasteiger partial charge is 0.201 e. The third-order valence-electron chi connectivity index (χ3n) is 2.37. The molecule has 0 fully saturated rings. The van der Waals surface area contributed by atoms with Gasteiger partial charge in [-0.25, -0.2) is 4.39 Å². The summed E-state index contributed by atoms with van der Waals surface area (Å²) >= 11 is 3.10. The minimum absolute atomic E-state index is 0.174. The van der Waals surface area contributed by atoms with Crippen LogP contribution in [-0.2, 0) is 0 Å². The number of rotatable bonds is 0. The molecule has 1 heterocycles. The molecule has 0 bridgehead atoms. The van der Waals surface area contributed by atoms with E-state index in [2.05, 4.69) is 15.9 Å². The lowest BCUT2D eigenvalue weighted by Gasteiger charge is -2.14. The first-order valence-corrected chi connectivity index (χ1v) is 5.39. The lowest BCUT2D eigenvalue weighted by molar-refractivity contribution is 0.166. The van der Waals surface area contributed by atoms with Gasteiger partial charge >= 0.3 is 0 Å². The number of aliphatic hydroxyl groups excluding tert-OH is 1. The molecule has 1 unspecified atom stereocenters. The van der Waals surface area contributed by atoms with Crippen molar-refractivity contribution in [3.8, 4) is 5.75 Å². The Morgan fingerprint density at radius 3 is 2.93 bits per heavy atom. The molecule has 1 N–H and O–H groups in total. The minimum atomic E-state index is -1.03. The van der Waals surface area contributed by atoms with Gasteiger partial charge in [-0.3, -0.25) is 0 Å². The van der Waals surface area contributed by atoms with Gasteiger partial charge in [-0.1, -0.05) is 15.9 Å². The molecule has 2 nitrogen and oxygen atoms in total. The van der Waals surface area contributed by atoms with Crippen molar-refractivity contribution in [2.24, 2.45) is 0 Å². The third kappa shape index (κ3) is 1.86. The highest BCUT2D eigenvalue weighted by Crippen LogP contribution is 2.39. The summed E-state index contributed by atoms with van der Waals surface area (Å²) in [5, 5.41) is 9.74. The molecule has 1 aliphatic rings. The molecule has 15 heavy (non-hydrogen) atoms. The second-order valence-electron chi connectivity index (χ2n) is 3.40. The molecule has 1 aromatic rings. The average Bonchev–Trinajstić information content (AvgIpc) is 2.37. The molecule has 1 atom stereocenters. The van der Waals surface area contributed by atoms with E-state index in [9.17, 15) is 13.9 Å². The van der Waals surface area contributed by atoms with E-state index >= 15 is 0 Å². The summed E-state index contributed by atoms with van der Waals surface area (Å²) in [7, 11) is 0. The maximum atomic E-state index is 13.4. The number of halogens is 3. The molecule has 0 amide bonds. The van der Waals surface area contributed by atoms with Gasteiger partial charge in [-0.05, 0) is 18.9 Å². The first-order valence-electron chi connectivity index (χ1n) is 4.59. The first kappa shape index (κ1) is 10.8. The van der Waals surface area contributed by atoms with E-state index in [1.165, 1.54) is 0 Å². The Kier molecular flexibility index (Phi) is 2.93. The van der Waals surface area contributed by atoms with Crippen LogP contribution in [0.25, 0.3) is 0 Å². The van der Waals surface area contributed by atoms with E-state index < -0.39 is 17.7 Å². The maximum Gasteiger partial charge on any atom is 0.201 e. The largest absolute Gasteiger partial charge is 0.490 e. The monoisotopic (exact) mass is 278 g/mol. The molecule has 0 aliphatic carbocycles. The molecule has 0 saturated heterocycles. The summed E-state index contributed by atoms with van der Waals surface area (Å²) in [6.07, 6.45) is 0.284. The maximum absolute atomic E-state index is 13.4. The highest BCUT2D eigenvalue weighted by Gasteiger charge is 2.26. The Bertz CT molecular complexity index is 395. The molecule has 2 rings (SSSR count). The molecule has 1 aromatic carbocycles. The molecule has 5 heteroatoms. The van der Waals surface area contributed by atoms with E-state index in [1.54, 1.807) is 0 Å². The summed E-state index contributed by atoms with van der Waals surface area (Å²) in [5.74, 6) is -2.18. The molecule has 82 valence electrons. The Morgan fingerprint density at radius 2 is 2.20 bits per heavy atom. The predicted molar refractivity (Wildman–Crippen MR) is 53.7 cm³/mol. The summed E-state index contributed by atoms with van der Waals surface area (Å²) < 4.78 is 31.9. The fraction of sp³-hybridized carbons (Fsp3) is 0.400. The van der Waals surface area contributed by atoms with E-state index in [1.807, 2.05) is 0 Å². The zero-order valence-electron chi connectivity index (χ0n) is 7.77. The molecule has 0 aromatic heterocycles. The summed E-state index contributed by atoms with van der Waals surface area (Å²) in [5.41, 5.74) is 0.298. The van der Waals surface area contributed by atoms with Crippen LogP contribution in [0.4, 0.5) is 8.78 Å². The molecular formula is C10H9BrF2O2. The topological polar surface area (TPSA) is 29.5 Å². The van der Waals surface area contributed by atoms with Crippen LogP contribution in [0.2, 0.25) is 0 Å². The van der Waals surface area contributed by atoms with Gasteiger partial charge < -0.3 is 9.84 Å². The molecule has 0 radical (unpaired) electrons. The normalized spacial score (nSPS) is 20.4. The van der Waals surface area contributed by atoms with Crippen molar-refractivity contribution in [3.63, 3.8) is 0 Å². The Hall–Kier alpha value is -0.680. The fourth-order valence-electron chi connectivity index (χ4n) is 1.63. The molecule has 0 saturated carbocycles. The summed E-state index contributed by atoms with van der Waals surface area (Å²) in [6, 6.07) is 1.01. The molecule has 0 spiro atoms. The van der Waals surface area contributed by atoms with E-state index in [4.69, 9.17) is 4.74 Å². The van der Waals surface area contributed by atoms with Crippen molar-refractivity contribution >= 4 is 15.9 Å². The average molecular weight is 279 g/mol. The van der Waals surface area contributed by atoms with Crippen LogP contribution in [-0.4, -0.2) is 11.7 Å². The van der Waals surface area contributed by atoms with Crippen LogP contribution in [0.15, 0.2) is 10.5 Å². The number of ether oxygens (including phenoxy) is 1. The quantitative estimate of drug-likeness (QED) is 0.740.